The zero-order chi connectivity index (χ0) is 13.1. The van der Waals surface area contributed by atoms with E-state index in [-0.39, 0.29) is 0 Å². The first-order chi connectivity index (χ1) is 9.33. The van der Waals surface area contributed by atoms with Crippen LogP contribution in [0, 0.1) is 0 Å². The number of rotatable bonds is 4. The van der Waals surface area contributed by atoms with Crippen LogP contribution in [0.4, 0.5) is 0 Å². The number of fused-ring (bicyclic) bond motifs is 1. The smallest absolute Gasteiger partial charge is 0.0416 e. The highest BCUT2D eigenvalue weighted by Crippen LogP contribution is 2.32. The van der Waals surface area contributed by atoms with Crippen LogP contribution in [0.3, 0.4) is 0 Å². The first-order valence-corrected chi connectivity index (χ1v) is 7.12. The third kappa shape index (κ3) is 2.96. The predicted molar refractivity (Wildman–Crippen MR) is 78.5 cm³/mol. The van der Waals surface area contributed by atoms with Gasteiger partial charge in [0.05, 0.1) is 0 Å². The molecule has 1 aromatic carbocycles. The van der Waals surface area contributed by atoms with E-state index in [0.717, 1.165) is 36.5 Å². The summed E-state index contributed by atoms with van der Waals surface area (Å²) in [4.78, 5) is 4.34. The Balaban J connectivity index is 1.58. The lowest BCUT2D eigenvalue weighted by atomic mass is 10.1. The largest absolute Gasteiger partial charge is 0.310 e. The van der Waals surface area contributed by atoms with E-state index in [1.165, 1.54) is 11.1 Å². The maximum absolute atomic E-state index is 6.03. The van der Waals surface area contributed by atoms with E-state index in [9.17, 15) is 0 Å². The van der Waals surface area contributed by atoms with E-state index >= 15 is 0 Å². The van der Waals surface area contributed by atoms with Gasteiger partial charge in [0.15, 0.2) is 0 Å². The molecule has 3 rings (SSSR count). The number of hydrogen-bond acceptors (Lipinski definition) is 2. The first kappa shape index (κ1) is 12.6. The van der Waals surface area contributed by atoms with Crippen molar-refractivity contribution in [2.75, 3.05) is 6.54 Å². The van der Waals surface area contributed by atoms with Gasteiger partial charge in [-0.2, -0.15) is 0 Å². The van der Waals surface area contributed by atoms with Crippen molar-refractivity contribution in [1.82, 2.24) is 10.3 Å². The molecule has 0 saturated carbocycles. The van der Waals surface area contributed by atoms with Crippen LogP contribution in [0.2, 0.25) is 5.02 Å². The van der Waals surface area contributed by atoms with E-state index in [1.807, 2.05) is 24.4 Å². The average Bonchev–Trinajstić information content (AvgIpc) is 2.82. The number of aromatic nitrogens is 1. The molecular formula is C16H17ClN2. The Hall–Kier alpha value is -1.38. The summed E-state index contributed by atoms with van der Waals surface area (Å²) >= 11 is 6.03. The van der Waals surface area contributed by atoms with E-state index in [0.29, 0.717) is 6.04 Å². The zero-order valence-electron chi connectivity index (χ0n) is 10.8. The van der Waals surface area contributed by atoms with Gasteiger partial charge in [-0.05, 0) is 48.2 Å². The number of aryl methyl sites for hydroxylation is 1. The number of nitrogens with one attached hydrogen (secondary N) is 1. The maximum Gasteiger partial charge on any atom is 0.0416 e. The Morgan fingerprint density at radius 1 is 1.26 bits per heavy atom. The fourth-order valence-electron chi connectivity index (χ4n) is 2.72. The molecule has 1 atom stereocenters. The summed E-state index contributed by atoms with van der Waals surface area (Å²) in [5.41, 5.74) is 3.94. The van der Waals surface area contributed by atoms with E-state index < -0.39 is 0 Å². The van der Waals surface area contributed by atoms with Gasteiger partial charge in [-0.1, -0.05) is 23.7 Å². The lowest BCUT2D eigenvalue weighted by Crippen LogP contribution is -2.22. The summed E-state index contributed by atoms with van der Waals surface area (Å²) in [6, 6.07) is 12.8. The minimum Gasteiger partial charge on any atom is -0.310 e. The maximum atomic E-state index is 6.03. The lowest BCUT2D eigenvalue weighted by Gasteiger charge is -2.13. The molecule has 3 heteroatoms. The summed E-state index contributed by atoms with van der Waals surface area (Å²) in [5.74, 6) is 0. The molecule has 1 heterocycles. The molecule has 2 nitrogen and oxygen atoms in total. The molecule has 98 valence electrons. The van der Waals surface area contributed by atoms with Gasteiger partial charge in [-0.25, -0.2) is 0 Å². The third-order valence-electron chi connectivity index (χ3n) is 3.68. The average molecular weight is 273 g/mol. The van der Waals surface area contributed by atoms with Crippen molar-refractivity contribution >= 4 is 11.6 Å². The second-order valence-electron chi connectivity index (χ2n) is 4.96. The molecule has 0 radical (unpaired) electrons. The normalized spacial score (nSPS) is 17.4. The van der Waals surface area contributed by atoms with Gasteiger partial charge in [-0.15, -0.1) is 0 Å². The Kier molecular flexibility index (Phi) is 3.81. The Labute approximate surface area is 118 Å². The molecule has 0 amide bonds. The van der Waals surface area contributed by atoms with Crippen molar-refractivity contribution in [2.24, 2.45) is 0 Å². The topological polar surface area (TPSA) is 24.9 Å². The van der Waals surface area contributed by atoms with Crippen LogP contribution in [0.5, 0.6) is 0 Å². The quantitative estimate of drug-likeness (QED) is 0.921. The molecule has 1 aliphatic rings. The van der Waals surface area contributed by atoms with Gasteiger partial charge < -0.3 is 5.32 Å². The highest BCUT2D eigenvalue weighted by atomic mass is 35.5. The van der Waals surface area contributed by atoms with E-state index in [4.69, 9.17) is 11.6 Å². The summed E-state index contributed by atoms with van der Waals surface area (Å²) < 4.78 is 0. The fourth-order valence-corrected chi connectivity index (χ4v) is 2.91. The van der Waals surface area contributed by atoms with Crippen LogP contribution in [0.15, 0.2) is 42.6 Å². The SMILES string of the molecule is Clc1ccc2c(c1)CCC2NCCc1ccccn1. The van der Waals surface area contributed by atoms with Gasteiger partial charge in [0.25, 0.3) is 0 Å². The van der Waals surface area contributed by atoms with Crippen molar-refractivity contribution in [2.45, 2.75) is 25.3 Å². The van der Waals surface area contributed by atoms with Crippen LogP contribution in [-0.2, 0) is 12.8 Å². The first-order valence-electron chi connectivity index (χ1n) is 6.74. The summed E-state index contributed by atoms with van der Waals surface area (Å²) in [6.45, 7) is 0.962. The van der Waals surface area contributed by atoms with Crippen LogP contribution >= 0.6 is 11.6 Å². The monoisotopic (exact) mass is 272 g/mol. The van der Waals surface area contributed by atoms with Crippen molar-refractivity contribution in [3.05, 3.63) is 64.4 Å². The predicted octanol–water partition coefficient (Wildman–Crippen LogP) is 3.55. The molecular weight excluding hydrogens is 256 g/mol. The third-order valence-corrected chi connectivity index (χ3v) is 3.92. The lowest BCUT2D eigenvalue weighted by molar-refractivity contribution is 0.531. The summed E-state index contributed by atoms with van der Waals surface area (Å²) in [6.07, 6.45) is 5.11. The molecule has 0 fully saturated rings. The van der Waals surface area contributed by atoms with Crippen molar-refractivity contribution in [3.63, 3.8) is 0 Å². The number of hydrogen-bond donors (Lipinski definition) is 1. The van der Waals surface area contributed by atoms with Crippen molar-refractivity contribution in [1.29, 1.82) is 0 Å². The standard InChI is InChI=1S/C16H17ClN2/c17-13-5-6-15-12(11-13)4-7-16(15)19-10-8-14-3-1-2-9-18-14/h1-3,5-6,9,11,16,19H,4,7-8,10H2. The number of nitrogens with zero attached hydrogens (tertiary/aromatic N) is 1. The number of benzene rings is 1. The second kappa shape index (κ2) is 5.72. The van der Waals surface area contributed by atoms with Gasteiger partial charge in [-0.3, -0.25) is 4.98 Å². The number of halogens is 1. The van der Waals surface area contributed by atoms with Crippen LogP contribution in [0.1, 0.15) is 29.3 Å². The van der Waals surface area contributed by atoms with Gasteiger partial charge in [0, 0.05) is 35.9 Å². The van der Waals surface area contributed by atoms with Gasteiger partial charge in [0.1, 0.15) is 0 Å². The van der Waals surface area contributed by atoms with E-state index in [1.54, 1.807) is 0 Å². The molecule has 0 saturated heterocycles. The molecule has 1 aliphatic carbocycles. The molecule has 19 heavy (non-hydrogen) atoms. The zero-order valence-corrected chi connectivity index (χ0v) is 11.5. The molecule has 0 spiro atoms. The van der Waals surface area contributed by atoms with Crippen LogP contribution in [0.25, 0.3) is 0 Å². The van der Waals surface area contributed by atoms with Crippen molar-refractivity contribution < 1.29 is 0 Å². The molecule has 1 unspecified atom stereocenters. The molecule has 1 N–H and O–H groups in total. The number of pyridine rings is 1. The Bertz CT molecular complexity index is 554. The fraction of sp³-hybridized carbons (Fsp3) is 0.312. The van der Waals surface area contributed by atoms with E-state index in [2.05, 4.69) is 28.5 Å². The highest BCUT2D eigenvalue weighted by Gasteiger charge is 2.21. The highest BCUT2D eigenvalue weighted by molar-refractivity contribution is 6.30. The van der Waals surface area contributed by atoms with Crippen LogP contribution < -0.4 is 5.32 Å². The molecule has 0 aliphatic heterocycles. The summed E-state index contributed by atoms with van der Waals surface area (Å²) in [5, 5.41) is 4.46. The molecule has 2 aromatic rings. The Morgan fingerprint density at radius 3 is 3.05 bits per heavy atom. The van der Waals surface area contributed by atoms with Crippen LogP contribution in [-0.4, -0.2) is 11.5 Å². The van der Waals surface area contributed by atoms with Gasteiger partial charge in [0.2, 0.25) is 0 Å². The Morgan fingerprint density at radius 2 is 2.21 bits per heavy atom. The molecule has 1 aromatic heterocycles. The van der Waals surface area contributed by atoms with Gasteiger partial charge >= 0.3 is 0 Å². The minimum atomic E-state index is 0.468. The second-order valence-corrected chi connectivity index (χ2v) is 5.40. The minimum absolute atomic E-state index is 0.468. The summed E-state index contributed by atoms with van der Waals surface area (Å²) in [7, 11) is 0. The molecule has 0 bridgehead atoms. The van der Waals surface area contributed by atoms with Crippen molar-refractivity contribution in [3.8, 4) is 0 Å².